The van der Waals surface area contributed by atoms with Gasteiger partial charge in [-0.25, -0.2) is 4.98 Å². The Bertz CT molecular complexity index is 590. The van der Waals surface area contributed by atoms with Crippen molar-refractivity contribution in [3.8, 4) is 0 Å². The number of carbonyl (C=O) groups excluding carboxylic acids is 1. The molecule has 19 heavy (non-hydrogen) atoms. The highest BCUT2D eigenvalue weighted by Crippen LogP contribution is 2.25. The summed E-state index contributed by atoms with van der Waals surface area (Å²) in [5, 5.41) is 8.10. The number of imidazole rings is 1. The molecule has 1 aliphatic rings. The van der Waals surface area contributed by atoms with E-state index in [-0.39, 0.29) is 5.91 Å². The summed E-state index contributed by atoms with van der Waals surface area (Å²) < 4.78 is 2.10. The van der Waals surface area contributed by atoms with Gasteiger partial charge in [0.15, 0.2) is 10.8 Å². The molecule has 0 unspecified atom stereocenters. The fraction of sp³-hybridized carbons (Fsp3) is 0.500. The smallest absolute Gasteiger partial charge is 0.239 e. The van der Waals surface area contributed by atoms with Gasteiger partial charge in [0.05, 0.1) is 12.2 Å². The van der Waals surface area contributed by atoms with Gasteiger partial charge >= 0.3 is 0 Å². The first-order valence-corrected chi connectivity index (χ1v) is 7.28. The van der Waals surface area contributed by atoms with Crippen molar-refractivity contribution in [1.82, 2.24) is 20.0 Å². The molecule has 1 fully saturated rings. The van der Waals surface area contributed by atoms with Gasteiger partial charge in [-0.3, -0.25) is 9.20 Å². The number of aromatic nitrogens is 2. The molecule has 1 aliphatic heterocycles. The highest BCUT2D eigenvalue weighted by atomic mass is 32.1. The summed E-state index contributed by atoms with van der Waals surface area (Å²) in [7, 11) is 1.92. The Labute approximate surface area is 115 Å². The molecule has 0 radical (unpaired) electrons. The molecule has 102 valence electrons. The number of rotatable bonds is 3. The number of amides is 1. The molecule has 2 aromatic rings. The summed E-state index contributed by atoms with van der Waals surface area (Å²) in [5.41, 5.74) is 1.12. The first-order valence-electron chi connectivity index (χ1n) is 6.40. The SMILES string of the molecule is CNCc1c(N2CCCNC(=O)C2)nc2sccn12. The second kappa shape index (κ2) is 5.18. The molecule has 2 aromatic heterocycles. The van der Waals surface area contributed by atoms with Crippen molar-refractivity contribution in [3.05, 3.63) is 17.3 Å². The Hall–Kier alpha value is -1.60. The summed E-state index contributed by atoms with van der Waals surface area (Å²) in [5.74, 6) is 1.00. The standard InChI is InChI=1S/C12H17N5OS/c1-13-7-9-11(15-12-17(9)5-6-19-12)16-4-2-3-14-10(18)8-16/h5-6,13H,2-4,7-8H2,1H3,(H,14,18). The van der Waals surface area contributed by atoms with Crippen molar-refractivity contribution in [2.45, 2.75) is 13.0 Å². The average molecular weight is 279 g/mol. The zero-order chi connectivity index (χ0) is 13.2. The van der Waals surface area contributed by atoms with Crippen LogP contribution in [-0.2, 0) is 11.3 Å². The fourth-order valence-electron chi connectivity index (χ4n) is 2.39. The number of carbonyl (C=O) groups is 1. The minimum atomic E-state index is 0.0734. The zero-order valence-corrected chi connectivity index (χ0v) is 11.7. The molecule has 0 spiro atoms. The van der Waals surface area contributed by atoms with Crippen LogP contribution in [0.5, 0.6) is 0 Å². The maximum Gasteiger partial charge on any atom is 0.239 e. The van der Waals surface area contributed by atoms with Gasteiger partial charge in [-0.2, -0.15) is 0 Å². The topological polar surface area (TPSA) is 61.7 Å². The lowest BCUT2D eigenvalue weighted by Gasteiger charge is -2.20. The molecular weight excluding hydrogens is 262 g/mol. The molecule has 0 atom stereocenters. The maximum atomic E-state index is 11.7. The summed E-state index contributed by atoms with van der Waals surface area (Å²) in [4.78, 5) is 19.4. The van der Waals surface area contributed by atoms with Crippen molar-refractivity contribution < 1.29 is 4.79 Å². The van der Waals surface area contributed by atoms with Gasteiger partial charge < -0.3 is 15.5 Å². The van der Waals surface area contributed by atoms with E-state index in [2.05, 4.69) is 24.9 Å². The van der Waals surface area contributed by atoms with Crippen LogP contribution in [0.4, 0.5) is 5.82 Å². The molecule has 0 saturated carbocycles. The van der Waals surface area contributed by atoms with Gasteiger partial charge in [0.2, 0.25) is 5.91 Å². The van der Waals surface area contributed by atoms with Crippen LogP contribution >= 0.6 is 11.3 Å². The Balaban J connectivity index is 1.99. The molecule has 0 aromatic carbocycles. The Morgan fingerprint density at radius 3 is 3.32 bits per heavy atom. The minimum absolute atomic E-state index is 0.0734. The van der Waals surface area contributed by atoms with E-state index in [9.17, 15) is 4.79 Å². The lowest BCUT2D eigenvalue weighted by atomic mass is 10.3. The van der Waals surface area contributed by atoms with Crippen molar-refractivity contribution in [3.63, 3.8) is 0 Å². The highest BCUT2D eigenvalue weighted by Gasteiger charge is 2.22. The van der Waals surface area contributed by atoms with Crippen LogP contribution in [0.15, 0.2) is 11.6 Å². The highest BCUT2D eigenvalue weighted by molar-refractivity contribution is 7.15. The van der Waals surface area contributed by atoms with Crippen LogP contribution in [0, 0.1) is 0 Å². The summed E-state index contributed by atoms with van der Waals surface area (Å²) in [6, 6.07) is 0. The number of fused-ring (bicyclic) bond motifs is 1. The minimum Gasteiger partial charge on any atom is -0.354 e. The van der Waals surface area contributed by atoms with E-state index in [1.165, 1.54) is 0 Å². The first-order chi connectivity index (χ1) is 9.29. The van der Waals surface area contributed by atoms with Crippen LogP contribution in [0.3, 0.4) is 0 Å². The predicted molar refractivity (Wildman–Crippen MR) is 75.7 cm³/mol. The summed E-state index contributed by atoms with van der Waals surface area (Å²) in [6.45, 7) is 2.74. The van der Waals surface area contributed by atoms with Crippen molar-refractivity contribution >= 4 is 28.0 Å². The third-order valence-corrected chi connectivity index (χ3v) is 4.00. The molecular formula is C12H17N5OS. The number of nitrogens with zero attached hydrogens (tertiary/aromatic N) is 3. The van der Waals surface area contributed by atoms with Gasteiger partial charge in [0.1, 0.15) is 0 Å². The van der Waals surface area contributed by atoms with E-state index >= 15 is 0 Å². The summed E-state index contributed by atoms with van der Waals surface area (Å²) in [6.07, 6.45) is 2.98. The van der Waals surface area contributed by atoms with Gasteiger partial charge in [0, 0.05) is 31.2 Å². The average Bonchev–Trinajstić information content (AvgIpc) is 2.89. The number of hydrogen-bond acceptors (Lipinski definition) is 5. The monoisotopic (exact) mass is 279 g/mol. The normalized spacial score (nSPS) is 16.7. The molecule has 2 N–H and O–H groups in total. The van der Waals surface area contributed by atoms with Crippen LogP contribution in [-0.4, -0.2) is 42.0 Å². The van der Waals surface area contributed by atoms with Crippen molar-refractivity contribution in [2.24, 2.45) is 0 Å². The third kappa shape index (κ3) is 2.31. The molecule has 6 nitrogen and oxygen atoms in total. The zero-order valence-electron chi connectivity index (χ0n) is 10.8. The Kier molecular flexibility index (Phi) is 3.39. The lowest BCUT2D eigenvalue weighted by Crippen LogP contribution is -2.34. The second-order valence-corrected chi connectivity index (χ2v) is 5.47. The maximum absolute atomic E-state index is 11.7. The van der Waals surface area contributed by atoms with Crippen molar-refractivity contribution in [1.29, 1.82) is 0 Å². The van der Waals surface area contributed by atoms with Crippen molar-refractivity contribution in [2.75, 3.05) is 31.6 Å². The molecule has 0 aliphatic carbocycles. The number of anilines is 1. The molecule has 0 bridgehead atoms. The number of nitrogens with one attached hydrogen (secondary N) is 2. The largest absolute Gasteiger partial charge is 0.354 e. The van der Waals surface area contributed by atoms with E-state index in [0.29, 0.717) is 6.54 Å². The van der Waals surface area contributed by atoms with E-state index in [1.54, 1.807) is 11.3 Å². The van der Waals surface area contributed by atoms with E-state index in [4.69, 9.17) is 0 Å². The van der Waals surface area contributed by atoms with Crippen LogP contribution in [0.2, 0.25) is 0 Å². The molecule has 7 heteroatoms. The van der Waals surface area contributed by atoms with Gasteiger partial charge in [-0.1, -0.05) is 0 Å². The molecule has 3 rings (SSSR count). The van der Waals surface area contributed by atoms with Gasteiger partial charge in [0.25, 0.3) is 0 Å². The molecule has 1 amide bonds. The van der Waals surface area contributed by atoms with Gasteiger partial charge in [-0.05, 0) is 13.5 Å². The van der Waals surface area contributed by atoms with Gasteiger partial charge in [-0.15, -0.1) is 11.3 Å². The quantitative estimate of drug-likeness (QED) is 0.856. The second-order valence-electron chi connectivity index (χ2n) is 4.59. The lowest BCUT2D eigenvalue weighted by molar-refractivity contribution is -0.119. The molecule has 3 heterocycles. The van der Waals surface area contributed by atoms with Crippen LogP contribution in [0.1, 0.15) is 12.1 Å². The van der Waals surface area contributed by atoms with E-state index < -0.39 is 0 Å². The van der Waals surface area contributed by atoms with E-state index in [1.807, 2.05) is 18.6 Å². The Morgan fingerprint density at radius 2 is 2.47 bits per heavy atom. The van der Waals surface area contributed by atoms with Crippen LogP contribution < -0.4 is 15.5 Å². The molecule has 1 saturated heterocycles. The van der Waals surface area contributed by atoms with Crippen LogP contribution in [0.25, 0.3) is 4.96 Å². The number of thiazole rings is 1. The third-order valence-electron chi connectivity index (χ3n) is 3.25. The predicted octanol–water partition coefficient (Wildman–Crippen LogP) is 0.441. The number of hydrogen-bond donors (Lipinski definition) is 2. The summed E-state index contributed by atoms with van der Waals surface area (Å²) >= 11 is 1.62. The van der Waals surface area contributed by atoms with E-state index in [0.717, 1.165) is 42.5 Å². The fourth-order valence-corrected chi connectivity index (χ4v) is 3.12. The Morgan fingerprint density at radius 1 is 1.58 bits per heavy atom. The first kappa shape index (κ1) is 12.4.